The number of benzene rings is 3. The molecule has 0 saturated heterocycles. The molecule has 0 atom stereocenters. The van der Waals surface area contributed by atoms with E-state index in [9.17, 15) is 25.4 Å². The van der Waals surface area contributed by atoms with Crippen molar-refractivity contribution in [1.82, 2.24) is 10.3 Å². The summed E-state index contributed by atoms with van der Waals surface area (Å²) in [6.07, 6.45) is 0. The van der Waals surface area contributed by atoms with Crippen molar-refractivity contribution in [2.45, 2.75) is 0 Å². The number of nitro benzene ring substituents is 2. The van der Waals surface area contributed by atoms with Gasteiger partial charge in [0.1, 0.15) is 0 Å². The van der Waals surface area contributed by atoms with E-state index in [0.717, 1.165) is 10.5 Å². The molecule has 10 nitrogen and oxygen atoms in total. The maximum absolute atomic E-state index is 10.8. The molecule has 0 amide bonds. The van der Waals surface area contributed by atoms with Gasteiger partial charge in [-0.2, -0.15) is 4.85 Å². The minimum atomic E-state index is -0.643. The van der Waals surface area contributed by atoms with Gasteiger partial charge in [0.15, 0.2) is 0 Å². The lowest BCUT2D eigenvalue weighted by Gasteiger charge is -2.02. The van der Waals surface area contributed by atoms with Crippen LogP contribution in [0.4, 0.5) is 11.4 Å². The Bertz CT molecular complexity index is 1160. The number of rotatable bonds is 3. The molecule has 0 radical (unpaired) electrons. The molecule has 0 unspecified atom stereocenters. The van der Waals surface area contributed by atoms with Gasteiger partial charge in [-0.1, -0.05) is 45.4 Å². The number of nitro groups is 2. The predicted octanol–water partition coefficient (Wildman–Crippen LogP) is 4.13. The number of hydrogen-bond donors (Lipinski definition) is 1. The van der Waals surface area contributed by atoms with Gasteiger partial charge in [-0.25, -0.2) is 0 Å². The number of halogens is 1. The third-order valence-corrected chi connectivity index (χ3v) is 4.39. The largest absolute Gasteiger partial charge is 0.692 e. The Morgan fingerprint density at radius 3 is 2.00 bits per heavy atom. The van der Waals surface area contributed by atoms with Gasteiger partial charge in [0.25, 0.3) is 11.4 Å². The Morgan fingerprint density at radius 2 is 1.45 bits per heavy atom. The van der Waals surface area contributed by atoms with Crippen LogP contribution in [0.25, 0.3) is 22.2 Å². The molecule has 11 heteroatoms. The van der Waals surface area contributed by atoms with Crippen LogP contribution in [0, 0.1) is 25.4 Å². The van der Waals surface area contributed by atoms with Crippen LogP contribution in [-0.4, -0.2) is 20.2 Å². The van der Waals surface area contributed by atoms with Crippen molar-refractivity contribution in [2.24, 2.45) is 0 Å². The molecule has 0 fully saturated rings. The first-order valence-corrected chi connectivity index (χ1v) is 8.87. The molecule has 0 bridgehead atoms. The van der Waals surface area contributed by atoms with E-state index in [2.05, 4.69) is 26.2 Å². The molecule has 29 heavy (non-hydrogen) atoms. The van der Waals surface area contributed by atoms with Crippen molar-refractivity contribution in [2.75, 3.05) is 0 Å². The van der Waals surface area contributed by atoms with Crippen molar-refractivity contribution in [3.63, 3.8) is 0 Å². The van der Waals surface area contributed by atoms with E-state index in [1.165, 1.54) is 12.1 Å². The fourth-order valence-corrected chi connectivity index (χ4v) is 2.76. The first-order chi connectivity index (χ1) is 13.8. The van der Waals surface area contributed by atoms with Crippen LogP contribution in [0.5, 0.6) is 0 Å². The Hall–Kier alpha value is -3.86. The van der Waals surface area contributed by atoms with Gasteiger partial charge in [-0.15, -0.1) is 0 Å². The second-order valence-electron chi connectivity index (χ2n) is 5.75. The number of fused-ring (bicyclic) bond motifs is 1. The Kier molecular flexibility index (Phi) is 5.79. The molecule has 0 aliphatic carbocycles. The summed E-state index contributed by atoms with van der Waals surface area (Å²) in [4.78, 5) is 20.9. The zero-order valence-corrected chi connectivity index (χ0v) is 16.1. The van der Waals surface area contributed by atoms with Gasteiger partial charge in [-0.3, -0.25) is 20.2 Å². The third-order valence-electron chi connectivity index (χ3n) is 3.86. The molecule has 0 aliphatic heterocycles. The topological polar surface area (TPSA) is 142 Å². The molecule has 0 spiro atoms. The Morgan fingerprint density at radius 1 is 0.862 bits per heavy atom. The van der Waals surface area contributed by atoms with E-state index in [1.54, 1.807) is 42.5 Å². The summed E-state index contributed by atoms with van der Waals surface area (Å²) >= 11 is 3.28. The zero-order chi connectivity index (χ0) is 21.0. The number of hydrogen-bond acceptors (Lipinski definition) is 6. The molecular weight excluding hydrogens is 446 g/mol. The fourth-order valence-electron chi connectivity index (χ4n) is 2.50. The Balaban J connectivity index is 0.000000200. The van der Waals surface area contributed by atoms with Crippen LogP contribution >= 0.6 is 15.9 Å². The lowest BCUT2D eigenvalue weighted by atomic mass is 10.0. The number of aromatic nitrogens is 3. The van der Waals surface area contributed by atoms with Crippen molar-refractivity contribution in [3.8, 4) is 11.1 Å². The second kappa shape index (κ2) is 8.44. The average Bonchev–Trinajstić information content (AvgIpc) is 3.10. The van der Waals surface area contributed by atoms with E-state index >= 15 is 0 Å². The minimum absolute atomic E-state index is 0.299. The summed E-state index contributed by atoms with van der Waals surface area (Å²) in [7, 11) is 0. The molecule has 1 N–H and O–H groups in total. The number of aromatic amines is 1. The smallest absolute Gasteiger partial charge is 0.276 e. The van der Waals surface area contributed by atoms with Crippen LogP contribution in [0.1, 0.15) is 0 Å². The van der Waals surface area contributed by atoms with Crippen LogP contribution < -0.4 is 4.85 Å². The van der Waals surface area contributed by atoms with Gasteiger partial charge < -0.3 is 5.21 Å². The summed E-state index contributed by atoms with van der Waals surface area (Å²) in [6.45, 7) is 0. The number of non-ortho nitro benzene ring substituents is 2. The summed E-state index contributed by atoms with van der Waals surface area (Å²) in [5.41, 5.74) is 1.78. The maximum Gasteiger partial charge on any atom is 0.276 e. The van der Waals surface area contributed by atoms with Gasteiger partial charge in [0, 0.05) is 21.7 Å². The summed E-state index contributed by atoms with van der Waals surface area (Å²) in [5.74, 6) is 0. The Labute approximate surface area is 171 Å². The molecule has 4 rings (SSSR count). The van der Waals surface area contributed by atoms with E-state index < -0.39 is 9.85 Å². The highest BCUT2D eigenvalue weighted by Crippen LogP contribution is 2.30. The molecule has 3 aromatic carbocycles. The highest BCUT2D eigenvalue weighted by Gasteiger charge is 2.17. The first-order valence-electron chi connectivity index (χ1n) is 8.07. The first kappa shape index (κ1) is 19.9. The highest BCUT2D eigenvalue weighted by atomic mass is 79.9. The number of H-pyrrole nitrogens is 1. The van der Waals surface area contributed by atoms with Crippen LogP contribution in [0.2, 0.25) is 0 Å². The monoisotopic (exact) mass is 457 g/mol. The molecule has 146 valence electrons. The van der Waals surface area contributed by atoms with Crippen LogP contribution in [0.15, 0.2) is 71.2 Å². The molecular formula is C18H12BrN5O5. The van der Waals surface area contributed by atoms with Gasteiger partial charge in [-0.05, 0) is 35.4 Å². The number of nitrogens with zero attached hydrogens (tertiary/aromatic N) is 4. The predicted molar refractivity (Wildman–Crippen MR) is 108 cm³/mol. The fraction of sp³-hybridized carbons (Fsp3) is 0. The number of para-hydroxylation sites is 2. The summed E-state index contributed by atoms with van der Waals surface area (Å²) < 4.78 is 0.858. The van der Waals surface area contributed by atoms with Crippen molar-refractivity contribution in [3.05, 3.63) is 96.6 Å². The van der Waals surface area contributed by atoms with Crippen LogP contribution in [0.3, 0.4) is 0 Å². The third kappa shape index (κ3) is 4.71. The van der Waals surface area contributed by atoms with E-state index in [1.807, 2.05) is 6.07 Å². The lowest BCUT2D eigenvalue weighted by Crippen LogP contribution is -2.27. The zero-order valence-electron chi connectivity index (χ0n) is 14.6. The van der Waals surface area contributed by atoms with E-state index in [-0.39, 0.29) is 11.4 Å². The van der Waals surface area contributed by atoms with Gasteiger partial charge >= 0.3 is 0 Å². The van der Waals surface area contributed by atoms with Crippen molar-refractivity contribution >= 4 is 38.3 Å². The quantitative estimate of drug-likeness (QED) is 0.212. The van der Waals surface area contributed by atoms with Crippen molar-refractivity contribution in [1.29, 1.82) is 0 Å². The SMILES string of the molecule is O=[N+]([O-])c1cc(-c2ccc(Br)cc2)cc([N+](=O)[O-])c1.[O-][n+]1[nH]nc2ccccc21. The molecule has 4 aromatic rings. The average molecular weight is 458 g/mol. The molecule has 0 saturated carbocycles. The standard InChI is InChI=1S/C12H7BrN2O4.C6H5N3O/c13-10-3-1-8(2-4-10)9-5-11(14(16)17)7-12(6-9)15(18)19;10-9-6-4-2-1-3-5(6)7-8-9/h1-7H;1-4,8H. The molecule has 1 heterocycles. The number of nitrogens with one attached hydrogen (secondary N) is 1. The summed E-state index contributed by atoms with van der Waals surface area (Å²) in [6, 6.07) is 17.7. The van der Waals surface area contributed by atoms with E-state index in [0.29, 0.717) is 27.0 Å². The molecule has 1 aromatic heterocycles. The van der Waals surface area contributed by atoms with Gasteiger partial charge in [0.2, 0.25) is 11.0 Å². The van der Waals surface area contributed by atoms with Gasteiger partial charge in [0.05, 0.1) is 15.9 Å². The highest BCUT2D eigenvalue weighted by molar-refractivity contribution is 9.10. The normalized spacial score (nSPS) is 10.2. The summed E-state index contributed by atoms with van der Waals surface area (Å²) in [5, 5.41) is 38.4. The molecule has 0 aliphatic rings. The second-order valence-corrected chi connectivity index (χ2v) is 6.67. The minimum Gasteiger partial charge on any atom is -0.692 e. The van der Waals surface area contributed by atoms with Crippen LogP contribution in [-0.2, 0) is 0 Å². The van der Waals surface area contributed by atoms with Crippen molar-refractivity contribution < 1.29 is 14.7 Å². The lowest BCUT2D eigenvalue weighted by molar-refractivity contribution is -0.644. The maximum atomic E-state index is 10.8. The van der Waals surface area contributed by atoms with E-state index in [4.69, 9.17) is 0 Å².